The van der Waals surface area contributed by atoms with Crippen molar-refractivity contribution < 1.29 is 17.9 Å². The van der Waals surface area contributed by atoms with Gasteiger partial charge < -0.3 is 10.5 Å². The number of aromatic nitrogens is 2. The third-order valence-electron chi connectivity index (χ3n) is 2.73. The van der Waals surface area contributed by atoms with Gasteiger partial charge in [-0.3, -0.25) is 5.10 Å². The lowest BCUT2D eigenvalue weighted by atomic mass is 10.1. The molecule has 0 saturated heterocycles. The molecule has 1 heterocycles. The van der Waals surface area contributed by atoms with Crippen molar-refractivity contribution in [2.24, 2.45) is 11.7 Å². The summed E-state index contributed by atoms with van der Waals surface area (Å²) in [6.07, 6.45) is 1.73. The monoisotopic (exact) mass is 354 g/mol. The molecule has 0 saturated carbocycles. The van der Waals surface area contributed by atoms with Gasteiger partial charge in [0.25, 0.3) is 10.0 Å². The normalized spacial score (nSPS) is 12.8. The topological polar surface area (TPSA) is 127 Å². The van der Waals surface area contributed by atoms with E-state index >= 15 is 0 Å². The number of nitrogens with two attached hydrogens (primary N) is 1. The highest BCUT2D eigenvalue weighted by Crippen LogP contribution is 2.15. The van der Waals surface area contributed by atoms with Gasteiger partial charge in [-0.1, -0.05) is 13.8 Å². The van der Waals surface area contributed by atoms with Gasteiger partial charge in [0.15, 0.2) is 5.03 Å². The molecule has 4 N–H and O–H groups in total. The van der Waals surface area contributed by atoms with E-state index in [2.05, 4.69) is 14.9 Å². The van der Waals surface area contributed by atoms with Crippen LogP contribution in [0.5, 0.6) is 0 Å². The highest BCUT2D eigenvalue weighted by Gasteiger charge is 2.28. The van der Waals surface area contributed by atoms with Gasteiger partial charge in [-0.05, 0) is 19.3 Å². The van der Waals surface area contributed by atoms with Gasteiger partial charge in [0, 0.05) is 12.6 Å². The summed E-state index contributed by atoms with van der Waals surface area (Å²) >= 11 is 0. The molecule has 0 aliphatic heterocycles. The Morgan fingerprint density at radius 1 is 1.50 bits per heavy atom. The zero-order valence-electron chi connectivity index (χ0n) is 12.8. The van der Waals surface area contributed by atoms with Crippen LogP contribution in [0.15, 0.2) is 11.2 Å². The molecule has 0 aliphatic rings. The molecular weight excluding hydrogens is 332 g/mol. The largest absolute Gasteiger partial charge is 0.462 e. The summed E-state index contributed by atoms with van der Waals surface area (Å²) in [5.74, 6) is -0.452. The molecule has 0 radical (unpaired) electrons. The molecule has 0 amide bonds. The zero-order valence-corrected chi connectivity index (χ0v) is 14.5. The van der Waals surface area contributed by atoms with Crippen molar-refractivity contribution in [3.05, 3.63) is 11.8 Å². The number of sulfonamides is 1. The van der Waals surface area contributed by atoms with E-state index in [9.17, 15) is 13.2 Å². The first kappa shape index (κ1) is 20.8. The van der Waals surface area contributed by atoms with E-state index in [4.69, 9.17) is 10.5 Å². The standard InChI is InChI=1S/C12H22N4O4S.ClH/c1-4-20-12(17)10-7-14-15-11(10)21(18,19)16-9(6-13)5-8(2)3;/h7-9,16H,4-6,13H2,1-3H3,(H,14,15);1H. The number of ether oxygens (including phenoxy) is 1. The average molecular weight is 355 g/mol. The van der Waals surface area contributed by atoms with Gasteiger partial charge in [0.1, 0.15) is 5.56 Å². The van der Waals surface area contributed by atoms with E-state index in [1.807, 2.05) is 13.8 Å². The summed E-state index contributed by atoms with van der Waals surface area (Å²) in [6.45, 7) is 5.89. The minimum absolute atomic E-state index is 0. The van der Waals surface area contributed by atoms with Gasteiger partial charge in [-0.25, -0.2) is 17.9 Å². The predicted molar refractivity (Wildman–Crippen MR) is 84.4 cm³/mol. The Balaban J connectivity index is 0.00000441. The molecule has 0 aliphatic carbocycles. The third-order valence-corrected chi connectivity index (χ3v) is 4.22. The maximum Gasteiger partial charge on any atom is 0.342 e. The summed E-state index contributed by atoms with van der Waals surface area (Å²) in [5.41, 5.74) is 5.46. The number of rotatable bonds is 8. The molecule has 10 heteroatoms. The number of carbonyl (C=O) groups excluding carboxylic acids is 1. The fraction of sp³-hybridized carbons (Fsp3) is 0.667. The van der Waals surface area contributed by atoms with E-state index in [1.54, 1.807) is 6.92 Å². The Morgan fingerprint density at radius 2 is 2.14 bits per heavy atom. The van der Waals surface area contributed by atoms with Crippen LogP contribution in [0, 0.1) is 5.92 Å². The molecule has 0 spiro atoms. The molecule has 1 rings (SSSR count). The number of aromatic amines is 1. The molecule has 0 aromatic carbocycles. The van der Waals surface area contributed by atoms with Gasteiger partial charge >= 0.3 is 5.97 Å². The lowest BCUT2D eigenvalue weighted by Crippen LogP contribution is -2.41. The molecule has 1 atom stereocenters. The predicted octanol–water partition coefficient (Wildman–Crippen LogP) is 0.660. The minimum atomic E-state index is -3.92. The number of carbonyl (C=O) groups is 1. The molecule has 0 fully saturated rings. The van der Waals surface area contributed by atoms with Crippen LogP contribution >= 0.6 is 12.4 Å². The van der Waals surface area contributed by atoms with Gasteiger partial charge in [-0.15, -0.1) is 12.4 Å². The minimum Gasteiger partial charge on any atom is -0.462 e. The molecule has 22 heavy (non-hydrogen) atoms. The Bertz CT molecular complexity index is 573. The molecule has 8 nitrogen and oxygen atoms in total. The van der Waals surface area contributed by atoms with Gasteiger partial charge in [0.2, 0.25) is 0 Å². The number of hydrogen-bond donors (Lipinski definition) is 3. The van der Waals surface area contributed by atoms with Crippen molar-refractivity contribution in [2.45, 2.75) is 38.3 Å². The van der Waals surface area contributed by atoms with Crippen molar-refractivity contribution >= 4 is 28.4 Å². The quantitative estimate of drug-likeness (QED) is 0.588. The highest BCUT2D eigenvalue weighted by atomic mass is 35.5. The average Bonchev–Trinajstić information content (AvgIpc) is 2.87. The highest BCUT2D eigenvalue weighted by molar-refractivity contribution is 7.89. The number of H-pyrrole nitrogens is 1. The van der Waals surface area contributed by atoms with Crippen molar-refractivity contribution in [1.29, 1.82) is 0 Å². The Hall–Kier alpha value is -1.16. The van der Waals surface area contributed by atoms with Crippen LogP contribution in [-0.4, -0.2) is 43.8 Å². The molecule has 1 aromatic heterocycles. The SMILES string of the molecule is CCOC(=O)c1cn[nH]c1S(=O)(=O)NC(CN)CC(C)C.Cl. The number of esters is 1. The number of hydrogen-bond acceptors (Lipinski definition) is 6. The van der Waals surface area contributed by atoms with E-state index in [0.717, 1.165) is 6.20 Å². The first-order chi connectivity index (χ1) is 9.81. The summed E-state index contributed by atoms with van der Waals surface area (Å²) in [6, 6.07) is -0.409. The van der Waals surface area contributed by atoms with E-state index in [-0.39, 0.29) is 42.1 Å². The van der Waals surface area contributed by atoms with Crippen LogP contribution in [0.3, 0.4) is 0 Å². The first-order valence-electron chi connectivity index (χ1n) is 6.74. The van der Waals surface area contributed by atoms with Gasteiger partial charge in [-0.2, -0.15) is 5.10 Å². The second-order valence-electron chi connectivity index (χ2n) is 5.02. The summed E-state index contributed by atoms with van der Waals surface area (Å²) in [7, 11) is -3.92. The second kappa shape index (κ2) is 9.09. The number of halogens is 1. The Labute approximate surface area is 136 Å². The Kier molecular flexibility index (Phi) is 8.61. The Morgan fingerprint density at radius 3 is 2.64 bits per heavy atom. The van der Waals surface area contributed by atoms with Crippen molar-refractivity contribution in [3.8, 4) is 0 Å². The molecular formula is C12H23ClN4O4S. The van der Waals surface area contributed by atoms with Crippen LogP contribution < -0.4 is 10.5 Å². The maximum absolute atomic E-state index is 12.3. The molecule has 0 bridgehead atoms. The number of nitrogens with one attached hydrogen (secondary N) is 2. The summed E-state index contributed by atoms with van der Waals surface area (Å²) in [4.78, 5) is 11.7. The fourth-order valence-electron chi connectivity index (χ4n) is 1.87. The van der Waals surface area contributed by atoms with E-state index in [1.165, 1.54) is 0 Å². The van der Waals surface area contributed by atoms with Crippen LogP contribution in [-0.2, 0) is 14.8 Å². The third kappa shape index (κ3) is 5.56. The molecule has 128 valence electrons. The van der Waals surface area contributed by atoms with E-state index in [0.29, 0.717) is 6.42 Å². The van der Waals surface area contributed by atoms with Crippen molar-refractivity contribution in [3.63, 3.8) is 0 Å². The smallest absolute Gasteiger partial charge is 0.342 e. The van der Waals surface area contributed by atoms with Crippen LogP contribution in [0.1, 0.15) is 37.6 Å². The lowest BCUT2D eigenvalue weighted by Gasteiger charge is -2.18. The summed E-state index contributed by atoms with van der Waals surface area (Å²) < 4.78 is 31.9. The first-order valence-corrected chi connectivity index (χ1v) is 8.23. The maximum atomic E-state index is 12.3. The van der Waals surface area contributed by atoms with Crippen molar-refractivity contribution in [2.75, 3.05) is 13.2 Å². The van der Waals surface area contributed by atoms with Crippen LogP contribution in [0.4, 0.5) is 0 Å². The van der Waals surface area contributed by atoms with Crippen molar-refractivity contribution in [1.82, 2.24) is 14.9 Å². The molecule has 1 unspecified atom stereocenters. The molecule has 1 aromatic rings. The van der Waals surface area contributed by atoms with Crippen LogP contribution in [0.25, 0.3) is 0 Å². The lowest BCUT2D eigenvalue weighted by molar-refractivity contribution is 0.0522. The zero-order chi connectivity index (χ0) is 16.0. The number of nitrogens with zero attached hydrogens (tertiary/aromatic N) is 1. The van der Waals surface area contributed by atoms with E-state index < -0.39 is 22.0 Å². The van der Waals surface area contributed by atoms with Crippen LogP contribution in [0.2, 0.25) is 0 Å². The van der Waals surface area contributed by atoms with Gasteiger partial charge in [0.05, 0.1) is 12.8 Å². The second-order valence-corrected chi connectivity index (χ2v) is 6.67. The summed E-state index contributed by atoms with van der Waals surface area (Å²) in [5, 5.41) is 5.63. The fourth-order valence-corrected chi connectivity index (χ4v) is 3.22.